The van der Waals surface area contributed by atoms with E-state index in [1.807, 2.05) is 0 Å². The molecular weight excluding hydrogens is 324 g/mol. The second-order valence-electron chi connectivity index (χ2n) is 5.49. The molecule has 9 nitrogen and oxygen atoms in total. The number of nitrogens with zero attached hydrogens (tertiary/aromatic N) is 4. The highest BCUT2D eigenvalue weighted by atomic mass is 35.5. The van der Waals surface area contributed by atoms with Crippen molar-refractivity contribution in [1.29, 1.82) is 0 Å². The first-order chi connectivity index (χ1) is 10.6. The number of aromatic nitrogens is 4. The number of aromatic amines is 1. The van der Waals surface area contributed by atoms with Gasteiger partial charge in [-0.05, 0) is 25.3 Å². The van der Waals surface area contributed by atoms with E-state index < -0.39 is 10.5 Å². The number of nitrogens with two attached hydrogens (primary N) is 1. The van der Waals surface area contributed by atoms with E-state index in [-0.39, 0.29) is 24.0 Å². The fourth-order valence-corrected chi connectivity index (χ4v) is 2.58. The number of halogens is 1. The maximum absolute atomic E-state index is 10.9. The summed E-state index contributed by atoms with van der Waals surface area (Å²) in [5.74, 6) is 0.661. The molecule has 0 saturated heterocycles. The second kappa shape index (κ2) is 5.28. The molecule has 4 rings (SSSR count). The zero-order valence-electron chi connectivity index (χ0n) is 11.9. The number of nitro groups is 1. The lowest BCUT2D eigenvalue weighted by Crippen LogP contribution is -2.44. The van der Waals surface area contributed by atoms with E-state index in [9.17, 15) is 10.1 Å². The Morgan fingerprint density at radius 3 is 2.83 bits per heavy atom. The molecule has 0 bridgehead atoms. The molecule has 1 aliphatic rings. The van der Waals surface area contributed by atoms with Crippen molar-refractivity contribution in [2.75, 3.05) is 0 Å². The molecule has 0 amide bonds. The van der Waals surface area contributed by atoms with Crippen LogP contribution in [0.1, 0.15) is 25.1 Å². The molecule has 3 N–H and O–H groups in total. The van der Waals surface area contributed by atoms with Gasteiger partial charge in [-0.1, -0.05) is 5.16 Å². The lowest BCUT2D eigenvalue weighted by molar-refractivity contribution is -0.384. The molecule has 3 aromatic rings. The zero-order valence-corrected chi connectivity index (χ0v) is 12.7. The van der Waals surface area contributed by atoms with Crippen molar-refractivity contribution in [3.05, 3.63) is 34.1 Å². The van der Waals surface area contributed by atoms with E-state index in [0.717, 1.165) is 19.3 Å². The summed E-state index contributed by atoms with van der Waals surface area (Å²) in [6, 6.07) is 4.43. The molecule has 1 aromatic carbocycles. The lowest BCUT2D eigenvalue weighted by atomic mass is 9.77. The first-order valence-electron chi connectivity index (χ1n) is 6.83. The van der Waals surface area contributed by atoms with E-state index in [1.54, 1.807) is 6.07 Å². The van der Waals surface area contributed by atoms with Gasteiger partial charge in [0.2, 0.25) is 0 Å². The van der Waals surface area contributed by atoms with Gasteiger partial charge in [0, 0.05) is 17.5 Å². The van der Waals surface area contributed by atoms with Gasteiger partial charge in [-0.2, -0.15) is 10.1 Å². The minimum Gasteiger partial charge on any atom is -0.332 e. The Morgan fingerprint density at radius 1 is 1.39 bits per heavy atom. The quantitative estimate of drug-likeness (QED) is 0.552. The summed E-state index contributed by atoms with van der Waals surface area (Å²) in [6.45, 7) is 0. The Bertz CT molecular complexity index is 885. The van der Waals surface area contributed by atoms with E-state index in [2.05, 4.69) is 20.3 Å². The standard InChI is InChI=1S/C13H12N6O3.ClH/c14-13(4-1-5-13)12-15-11(22-18-12)10-8-6-7(19(20)21)2-3-9(8)16-17-10;/h2-3,6H,1,4-5,14H2,(H,16,17);1H. The molecule has 0 radical (unpaired) electrons. The summed E-state index contributed by atoms with van der Waals surface area (Å²) < 4.78 is 5.25. The van der Waals surface area contributed by atoms with Crippen molar-refractivity contribution < 1.29 is 9.45 Å². The van der Waals surface area contributed by atoms with E-state index in [4.69, 9.17) is 10.3 Å². The normalized spacial score (nSPS) is 15.9. The van der Waals surface area contributed by atoms with Gasteiger partial charge in [-0.3, -0.25) is 15.2 Å². The minimum absolute atomic E-state index is 0. The molecule has 1 saturated carbocycles. The molecular formula is C13H13ClN6O3. The highest BCUT2D eigenvalue weighted by Gasteiger charge is 2.39. The van der Waals surface area contributed by atoms with Crippen LogP contribution in [0.5, 0.6) is 0 Å². The van der Waals surface area contributed by atoms with Gasteiger partial charge in [0.15, 0.2) is 11.5 Å². The molecule has 0 atom stereocenters. The van der Waals surface area contributed by atoms with E-state index in [1.165, 1.54) is 12.1 Å². The van der Waals surface area contributed by atoms with Crippen molar-refractivity contribution in [3.8, 4) is 11.6 Å². The van der Waals surface area contributed by atoms with Gasteiger partial charge in [-0.25, -0.2) is 0 Å². The van der Waals surface area contributed by atoms with Crippen molar-refractivity contribution in [1.82, 2.24) is 20.3 Å². The minimum atomic E-state index is -0.528. The number of non-ortho nitro benzene ring substituents is 1. The molecule has 0 aliphatic heterocycles. The van der Waals surface area contributed by atoms with Crippen LogP contribution in [-0.4, -0.2) is 25.3 Å². The highest BCUT2D eigenvalue weighted by molar-refractivity contribution is 5.92. The number of fused-ring (bicyclic) bond motifs is 1. The summed E-state index contributed by atoms with van der Waals surface area (Å²) in [7, 11) is 0. The molecule has 0 unspecified atom stereocenters. The molecule has 1 aliphatic carbocycles. The number of H-pyrrole nitrogens is 1. The number of nitrogens with one attached hydrogen (secondary N) is 1. The number of hydrogen-bond acceptors (Lipinski definition) is 7. The first kappa shape index (κ1) is 15.4. The Hall–Kier alpha value is -2.52. The van der Waals surface area contributed by atoms with E-state index in [0.29, 0.717) is 22.4 Å². The summed E-state index contributed by atoms with van der Waals surface area (Å²) >= 11 is 0. The van der Waals surface area contributed by atoms with Crippen LogP contribution in [0.3, 0.4) is 0 Å². The molecule has 2 aromatic heterocycles. The maximum atomic E-state index is 10.9. The second-order valence-corrected chi connectivity index (χ2v) is 5.49. The fourth-order valence-electron chi connectivity index (χ4n) is 2.58. The third kappa shape index (κ3) is 2.34. The summed E-state index contributed by atoms with van der Waals surface area (Å²) in [5.41, 5.74) is 6.66. The van der Waals surface area contributed by atoms with Crippen LogP contribution in [0.15, 0.2) is 22.7 Å². The van der Waals surface area contributed by atoms with Crippen molar-refractivity contribution in [2.45, 2.75) is 24.8 Å². The Labute approximate surface area is 135 Å². The third-order valence-corrected chi connectivity index (χ3v) is 4.08. The van der Waals surface area contributed by atoms with Gasteiger partial charge in [0.05, 0.1) is 16.0 Å². The number of hydrogen-bond donors (Lipinski definition) is 2. The zero-order chi connectivity index (χ0) is 15.3. The Morgan fingerprint density at radius 2 is 2.17 bits per heavy atom. The number of rotatable bonds is 3. The van der Waals surface area contributed by atoms with E-state index >= 15 is 0 Å². The summed E-state index contributed by atoms with van der Waals surface area (Å²) in [4.78, 5) is 14.8. The molecule has 2 heterocycles. The lowest BCUT2D eigenvalue weighted by Gasteiger charge is -2.34. The maximum Gasteiger partial charge on any atom is 0.279 e. The average Bonchev–Trinajstić information content (AvgIpc) is 3.10. The molecule has 10 heteroatoms. The van der Waals surface area contributed by atoms with Gasteiger partial charge in [0.1, 0.15) is 0 Å². The Balaban J connectivity index is 0.00000156. The third-order valence-electron chi connectivity index (χ3n) is 4.08. The number of nitro benzene ring substituents is 1. The predicted octanol–water partition coefficient (Wildman–Crippen LogP) is 2.28. The van der Waals surface area contributed by atoms with Crippen LogP contribution in [0, 0.1) is 10.1 Å². The van der Waals surface area contributed by atoms with Crippen molar-refractivity contribution >= 4 is 29.0 Å². The van der Waals surface area contributed by atoms with Crippen LogP contribution in [0.4, 0.5) is 5.69 Å². The van der Waals surface area contributed by atoms with Crippen LogP contribution in [0.25, 0.3) is 22.5 Å². The topological polar surface area (TPSA) is 137 Å². The fraction of sp³-hybridized carbons (Fsp3) is 0.308. The van der Waals surface area contributed by atoms with Gasteiger partial charge >= 0.3 is 0 Å². The highest BCUT2D eigenvalue weighted by Crippen LogP contribution is 2.38. The van der Waals surface area contributed by atoms with Crippen LogP contribution in [0.2, 0.25) is 0 Å². The smallest absolute Gasteiger partial charge is 0.279 e. The largest absolute Gasteiger partial charge is 0.332 e. The molecule has 1 fully saturated rings. The average molecular weight is 337 g/mol. The molecule has 120 valence electrons. The monoisotopic (exact) mass is 336 g/mol. The van der Waals surface area contributed by atoms with Crippen LogP contribution in [-0.2, 0) is 5.54 Å². The van der Waals surface area contributed by atoms with Crippen molar-refractivity contribution in [3.63, 3.8) is 0 Å². The van der Waals surface area contributed by atoms with Crippen LogP contribution >= 0.6 is 12.4 Å². The molecule has 23 heavy (non-hydrogen) atoms. The van der Waals surface area contributed by atoms with Gasteiger partial charge in [0.25, 0.3) is 11.6 Å². The number of benzene rings is 1. The van der Waals surface area contributed by atoms with Gasteiger partial charge in [-0.15, -0.1) is 12.4 Å². The Kier molecular flexibility index (Phi) is 3.53. The predicted molar refractivity (Wildman–Crippen MR) is 83.0 cm³/mol. The SMILES string of the molecule is Cl.NC1(c2noc(-c3n[nH]c4ccc([N+](=O)[O-])cc34)n2)CCC1. The van der Waals surface area contributed by atoms with Crippen LogP contribution < -0.4 is 5.73 Å². The van der Waals surface area contributed by atoms with Crippen molar-refractivity contribution in [2.24, 2.45) is 5.73 Å². The summed E-state index contributed by atoms with van der Waals surface area (Å²) in [6.07, 6.45) is 2.68. The first-order valence-corrected chi connectivity index (χ1v) is 6.83. The summed E-state index contributed by atoms with van der Waals surface area (Å²) in [5, 5.41) is 22.3. The van der Waals surface area contributed by atoms with Gasteiger partial charge < -0.3 is 10.3 Å². The molecule has 0 spiro atoms.